The molecule has 2 N–H and O–H groups in total. The second-order valence-electron chi connectivity index (χ2n) is 5.33. The van der Waals surface area contributed by atoms with Gasteiger partial charge in [0.15, 0.2) is 0 Å². The number of nitrogens with one attached hydrogen (secondary N) is 2. The molecule has 0 radical (unpaired) electrons. The van der Waals surface area contributed by atoms with Crippen molar-refractivity contribution in [3.8, 4) is 0 Å². The Kier molecular flexibility index (Phi) is 9.05. The predicted octanol–water partition coefficient (Wildman–Crippen LogP) is 4.82. The van der Waals surface area contributed by atoms with Gasteiger partial charge >= 0.3 is 0 Å². The molecule has 0 aromatic heterocycles. The molecule has 0 heterocycles. The van der Waals surface area contributed by atoms with E-state index in [4.69, 9.17) is 0 Å². The Morgan fingerprint density at radius 3 is 1.76 bits per heavy atom. The minimum absolute atomic E-state index is 0. The third kappa shape index (κ3) is 8.06. The zero-order valence-corrected chi connectivity index (χ0v) is 14.0. The lowest BCUT2D eigenvalue weighted by Gasteiger charge is -2.03. The summed E-state index contributed by atoms with van der Waals surface area (Å²) in [5.41, 5.74) is 2.22. The molecule has 0 saturated heterocycles. The highest BCUT2D eigenvalue weighted by Gasteiger charge is 2.03. The van der Waals surface area contributed by atoms with Crippen molar-refractivity contribution >= 4 is 23.2 Å². The maximum atomic E-state index is 13.0. The minimum Gasteiger partial charge on any atom is -0.324 e. The molecule has 4 nitrogen and oxygen atoms in total. The summed E-state index contributed by atoms with van der Waals surface area (Å²) in [5, 5.41) is 4.79. The summed E-state index contributed by atoms with van der Waals surface area (Å²) in [5.74, 6) is -1.33. The quantitative estimate of drug-likeness (QED) is 0.816. The van der Waals surface area contributed by atoms with E-state index in [2.05, 4.69) is 10.6 Å². The molecule has 2 amide bonds. The van der Waals surface area contributed by atoms with Crippen LogP contribution >= 0.6 is 0 Å². The first-order valence-electron chi connectivity index (χ1n) is 7.26. The Balaban J connectivity index is 0.000000443. The van der Waals surface area contributed by atoms with Crippen LogP contribution in [0.25, 0.3) is 0 Å². The SMILES string of the molecule is C.CC(=O)Nc1cc(C)ccc1F.CC(=O)Nc1ccc(C)cc1F. The molecule has 2 rings (SSSR count). The molecule has 0 unspecified atom stereocenters. The van der Waals surface area contributed by atoms with E-state index in [0.717, 1.165) is 11.1 Å². The number of hydrogen-bond donors (Lipinski definition) is 2. The van der Waals surface area contributed by atoms with Gasteiger partial charge in [0.1, 0.15) is 11.6 Å². The Morgan fingerprint density at radius 1 is 0.760 bits per heavy atom. The van der Waals surface area contributed by atoms with Crippen molar-refractivity contribution in [2.45, 2.75) is 35.1 Å². The third-order valence-corrected chi connectivity index (χ3v) is 2.87. The fraction of sp³-hybridized carbons (Fsp3) is 0.263. The summed E-state index contributed by atoms with van der Waals surface area (Å²) >= 11 is 0. The van der Waals surface area contributed by atoms with Gasteiger partial charge in [-0.3, -0.25) is 9.59 Å². The molecule has 6 heteroatoms. The standard InChI is InChI=1S/2C9H10FNO.CH4/c1-6-3-4-9(8(10)5-6)11-7(2)12;1-6-3-4-8(10)9(5-6)11-7(2)12;/h2*3-5H,1-2H3,(H,11,12);1H4. The molecule has 0 atom stereocenters. The molecule has 0 saturated carbocycles. The van der Waals surface area contributed by atoms with Crippen molar-refractivity contribution in [1.82, 2.24) is 0 Å². The van der Waals surface area contributed by atoms with Crippen LogP contribution in [0.2, 0.25) is 0 Å². The van der Waals surface area contributed by atoms with Crippen LogP contribution in [0, 0.1) is 25.5 Å². The summed E-state index contributed by atoms with van der Waals surface area (Å²) < 4.78 is 25.9. The van der Waals surface area contributed by atoms with Crippen molar-refractivity contribution in [3.63, 3.8) is 0 Å². The second kappa shape index (κ2) is 10.2. The molecule has 136 valence electrons. The molecule has 0 aliphatic heterocycles. The monoisotopic (exact) mass is 350 g/mol. The minimum atomic E-state index is -0.407. The first-order chi connectivity index (χ1) is 11.2. The van der Waals surface area contributed by atoms with Crippen LogP contribution < -0.4 is 10.6 Å². The number of amides is 2. The van der Waals surface area contributed by atoms with E-state index in [9.17, 15) is 18.4 Å². The number of halogens is 2. The van der Waals surface area contributed by atoms with E-state index in [-0.39, 0.29) is 30.6 Å². The van der Waals surface area contributed by atoms with Gasteiger partial charge < -0.3 is 10.6 Å². The van der Waals surface area contributed by atoms with Crippen molar-refractivity contribution in [3.05, 3.63) is 59.2 Å². The van der Waals surface area contributed by atoms with Crippen LogP contribution in [0.4, 0.5) is 20.2 Å². The van der Waals surface area contributed by atoms with Crippen LogP contribution in [0.3, 0.4) is 0 Å². The van der Waals surface area contributed by atoms with Gasteiger partial charge in [0.05, 0.1) is 11.4 Å². The first-order valence-corrected chi connectivity index (χ1v) is 7.26. The Morgan fingerprint density at radius 2 is 1.24 bits per heavy atom. The van der Waals surface area contributed by atoms with Gasteiger partial charge in [-0.15, -0.1) is 0 Å². The zero-order valence-electron chi connectivity index (χ0n) is 14.0. The number of rotatable bonds is 2. The van der Waals surface area contributed by atoms with E-state index in [1.165, 1.54) is 26.0 Å². The fourth-order valence-corrected chi connectivity index (χ4v) is 1.84. The smallest absolute Gasteiger partial charge is 0.221 e. The molecule has 0 spiro atoms. The van der Waals surface area contributed by atoms with Crippen LogP contribution in [-0.4, -0.2) is 11.8 Å². The number of carbonyl (C=O) groups excluding carboxylic acids is 2. The van der Waals surface area contributed by atoms with Crippen molar-refractivity contribution in [2.75, 3.05) is 10.6 Å². The summed E-state index contributed by atoms with van der Waals surface area (Å²) in [4.78, 5) is 21.2. The topological polar surface area (TPSA) is 58.2 Å². The molecule has 0 aliphatic carbocycles. The molecule has 25 heavy (non-hydrogen) atoms. The van der Waals surface area contributed by atoms with Gasteiger partial charge in [-0.25, -0.2) is 8.78 Å². The maximum absolute atomic E-state index is 13.0. The van der Waals surface area contributed by atoms with Gasteiger partial charge in [0.25, 0.3) is 0 Å². The average Bonchev–Trinajstić information content (AvgIpc) is 2.46. The van der Waals surface area contributed by atoms with Gasteiger partial charge in [-0.2, -0.15) is 0 Å². The van der Waals surface area contributed by atoms with Crippen LogP contribution in [-0.2, 0) is 9.59 Å². The number of benzene rings is 2. The van der Waals surface area contributed by atoms with Crippen molar-refractivity contribution in [1.29, 1.82) is 0 Å². The molecule has 0 aliphatic rings. The van der Waals surface area contributed by atoms with E-state index < -0.39 is 11.6 Å². The van der Waals surface area contributed by atoms with Crippen LogP contribution in [0.1, 0.15) is 32.4 Å². The molecular formula is C19H24F2N2O2. The molecule has 2 aromatic rings. The van der Waals surface area contributed by atoms with Gasteiger partial charge in [-0.05, 0) is 49.2 Å². The summed E-state index contributed by atoms with van der Waals surface area (Å²) in [6.45, 7) is 6.33. The van der Waals surface area contributed by atoms with E-state index in [1.807, 2.05) is 6.92 Å². The first kappa shape index (κ1) is 22.2. The Hall–Kier alpha value is -2.76. The molecule has 0 bridgehead atoms. The highest BCUT2D eigenvalue weighted by atomic mass is 19.1. The lowest BCUT2D eigenvalue weighted by Crippen LogP contribution is -2.07. The Bertz CT molecular complexity index is 746. The van der Waals surface area contributed by atoms with Crippen LogP contribution in [0.15, 0.2) is 36.4 Å². The normalized spacial score (nSPS) is 9.20. The summed E-state index contributed by atoms with van der Waals surface area (Å²) in [6.07, 6.45) is 0. The third-order valence-electron chi connectivity index (χ3n) is 2.87. The maximum Gasteiger partial charge on any atom is 0.221 e. The van der Waals surface area contributed by atoms with Gasteiger partial charge in [0.2, 0.25) is 11.8 Å². The van der Waals surface area contributed by atoms with E-state index in [0.29, 0.717) is 0 Å². The largest absolute Gasteiger partial charge is 0.324 e. The van der Waals surface area contributed by atoms with Crippen molar-refractivity contribution in [2.24, 2.45) is 0 Å². The summed E-state index contributed by atoms with van der Waals surface area (Å²) in [7, 11) is 0. The number of aryl methyl sites for hydroxylation is 2. The Labute approximate surface area is 147 Å². The summed E-state index contributed by atoms with van der Waals surface area (Å²) in [6, 6.07) is 9.25. The van der Waals surface area contributed by atoms with E-state index in [1.54, 1.807) is 31.2 Å². The van der Waals surface area contributed by atoms with Crippen LogP contribution in [0.5, 0.6) is 0 Å². The second-order valence-corrected chi connectivity index (χ2v) is 5.33. The van der Waals surface area contributed by atoms with Gasteiger partial charge in [0, 0.05) is 13.8 Å². The van der Waals surface area contributed by atoms with Gasteiger partial charge in [-0.1, -0.05) is 19.6 Å². The highest BCUT2D eigenvalue weighted by Crippen LogP contribution is 2.15. The zero-order chi connectivity index (χ0) is 18.3. The lowest BCUT2D eigenvalue weighted by molar-refractivity contribution is -0.115. The van der Waals surface area contributed by atoms with E-state index >= 15 is 0 Å². The molecule has 2 aromatic carbocycles. The average molecular weight is 350 g/mol. The highest BCUT2D eigenvalue weighted by molar-refractivity contribution is 5.89. The van der Waals surface area contributed by atoms with Crippen molar-refractivity contribution < 1.29 is 18.4 Å². The number of carbonyl (C=O) groups is 2. The lowest BCUT2D eigenvalue weighted by atomic mass is 10.2. The fourth-order valence-electron chi connectivity index (χ4n) is 1.84. The molecule has 0 fully saturated rings. The predicted molar refractivity (Wildman–Crippen MR) is 97.6 cm³/mol. The number of anilines is 2. The molecular weight excluding hydrogens is 326 g/mol. The number of hydrogen-bond acceptors (Lipinski definition) is 2.